The van der Waals surface area contributed by atoms with E-state index in [1.807, 2.05) is 0 Å². The summed E-state index contributed by atoms with van der Waals surface area (Å²) in [5.74, 6) is 0. The second-order valence-corrected chi connectivity index (χ2v) is 6.33. The first-order valence-corrected chi connectivity index (χ1v) is 6.04. The molecule has 15 heavy (non-hydrogen) atoms. The zero-order valence-corrected chi connectivity index (χ0v) is 10.9. The number of hydrogen-bond donors (Lipinski definition) is 0. The van der Waals surface area contributed by atoms with Gasteiger partial charge < -0.3 is 9.47 Å². The van der Waals surface area contributed by atoms with Crippen molar-refractivity contribution in [3.63, 3.8) is 0 Å². The smallest absolute Gasteiger partial charge is 0.104 e. The summed E-state index contributed by atoms with van der Waals surface area (Å²) in [5, 5.41) is 0. The van der Waals surface area contributed by atoms with Crippen LogP contribution in [0.15, 0.2) is 0 Å². The van der Waals surface area contributed by atoms with E-state index in [4.69, 9.17) is 9.47 Å². The molecule has 0 spiro atoms. The molecule has 0 bridgehead atoms. The van der Waals surface area contributed by atoms with E-state index in [-0.39, 0.29) is 5.41 Å². The van der Waals surface area contributed by atoms with Crippen LogP contribution in [0.1, 0.15) is 47.5 Å². The first kappa shape index (κ1) is 13.0. The first-order chi connectivity index (χ1) is 6.85. The van der Waals surface area contributed by atoms with Crippen molar-refractivity contribution in [2.24, 2.45) is 10.8 Å². The van der Waals surface area contributed by atoms with Crippen LogP contribution in [0.3, 0.4) is 0 Å². The van der Waals surface area contributed by atoms with Gasteiger partial charge in [-0.25, -0.2) is 0 Å². The molecule has 0 saturated carbocycles. The van der Waals surface area contributed by atoms with E-state index >= 15 is 0 Å². The van der Waals surface area contributed by atoms with Gasteiger partial charge in [0.2, 0.25) is 0 Å². The molecule has 1 heterocycles. The summed E-state index contributed by atoms with van der Waals surface area (Å²) in [7, 11) is 0. The maximum absolute atomic E-state index is 5.69. The SMILES string of the molecule is CCC(C)(C)CC(C)(C)COCC1CO1. The number of hydrogen-bond acceptors (Lipinski definition) is 2. The van der Waals surface area contributed by atoms with Crippen molar-refractivity contribution in [2.75, 3.05) is 19.8 Å². The first-order valence-electron chi connectivity index (χ1n) is 6.04. The average Bonchev–Trinajstić information content (AvgIpc) is 2.86. The van der Waals surface area contributed by atoms with Crippen LogP contribution in [-0.2, 0) is 9.47 Å². The largest absolute Gasteiger partial charge is 0.378 e. The summed E-state index contributed by atoms with van der Waals surface area (Å²) in [5.41, 5.74) is 0.692. The van der Waals surface area contributed by atoms with Crippen molar-refractivity contribution in [1.82, 2.24) is 0 Å². The Balaban J connectivity index is 2.22. The van der Waals surface area contributed by atoms with Crippen molar-refractivity contribution in [3.05, 3.63) is 0 Å². The maximum Gasteiger partial charge on any atom is 0.104 e. The predicted molar refractivity (Wildman–Crippen MR) is 63.0 cm³/mol. The molecule has 0 aliphatic carbocycles. The molecule has 1 saturated heterocycles. The summed E-state index contributed by atoms with van der Waals surface area (Å²) < 4.78 is 10.8. The molecule has 1 atom stereocenters. The Morgan fingerprint density at radius 1 is 1.20 bits per heavy atom. The molecule has 0 N–H and O–H groups in total. The van der Waals surface area contributed by atoms with Gasteiger partial charge in [0.15, 0.2) is 0 Å². The fourth-order valence-corrected chi connectivity index (χ4v) is 2.10. The summed E-state index contributed by atoms with van der Waals surface area (Å²) >= 11 is 0. The number of epoxide rings is 1. The van der Waals surface area contributed by atoms with Gasteiger partial charge >= 0.3 is 0 Å². The van der Waals surface area contributed by atoms with E-state index in [9.17, 15) is 0 Å². The van der Waals surface area contributed by atoms with Gasteiger partial charge in [0.1, 0.15) is 6.10 Å². The second kappa shape index (κ2) is 4.84. The molecule has 2 heteroatoms. The molecule has 1 fully saturated rings. The third-order valence-corrected chi connectivity index (χ3v) is 3.11. The molecule has 0 aromatic carbocycles. The topological polar surface area (TPSA) is 21.8 Å². The normalized spacial score (nSPS) is 21.8. The maximum atomic E-state index is 5.69. The number of rotatable bonds is 7. The highest BCUT2D eigenvalue weighted by atomic mass is 16.6. The third kappa shape index (κ3) is 5.53. The van der Waals surface area contributed by atoms with Gasteiger partial charge in [-0.1, -0.05) is 41.0 Å². The van der Waals surface area contributed by atoms with Crippen LogP contribution in [-0.4, -0.2) is 25.9 Å². The van der Waals surface area contributed by atoms with E-state index in [0.29, 0.717) is 11.5 Å². The molecule has 1 aliphatic rings. The van der Waals surface area contributed by atoms with E-state index in [0.717, 1.165) is 19.8 Å². The van der Waals surface area contributed by atoms with Crippen LogP contribution in [0.2, 0.25) is 0 Å². The summed E-state index contributed by atoms with van der Waals surface area (Å²) in [6.07, 6.45) is 2.82. The Morgan fingerprint density at radius 3 is 2.27 bits per heavy atom. The Morgan fingerprint density at radius 2 is 1.80 bits per heavy atom. The molecule has 0 aromatic rings. The zero-order chi connectivity index (χ0) is 11.5. The highest BCUT2D eigenvalue weighted by Gasteiger charge is 2.29. The van der Waals surface area contributed by atoms with Gasteiger partial charge in [-0.2, -0.15) is 0 Å². The van der Waals surface area contributed by atoms with Crippen LogP contribution in [0, 0.1) is 10.8 Å². The van der Waals surface area contributed by atoms with Gasteiger partial charge in [0.05, 0.1) is 19.8 Å². The Hall–Kier alpha value is -0.0800. The zero-order valence-electron chi connectivity index (χ0n) is 10.9. The van der Waals surface area contributed by atoms with E-state index in [1.165, 1.54) is 12.8 Å². The standard InChI is InChI=1S/C13H26O2/c1-6-12(2,3)9-13(4,5)10-14-7-11-8-15-11/h11H,6-10H2,1-5H3. The third-order valence-electron chi connectivity index (χ3n) is 3.11. The Labute approximate surface area is 94.3 Å². The van der Waals surface area contributed by atoms with Crippen molar-refractivity contribution >= 4 is 0 Å². The molecule has 0 radical (unpaired) electrons. The lowest BCUT2D eigenvalue weighted by Gasteiger charge is -2.34. The molecule has 1 rings (SSSR count). The lowest BCUT2D eigenvalue weighted by Crippen LogP contribution is -2.27. The van der Waals surface area contributed by atoms with Crippen molar-refractivity contribution in [1.29, 1.82) is 0 Å². The van der Waals surface area contributed by atoms with Crippen LogP contribution in [0.5, 0.6) is 0 Å². The molecule has 1 unspecified atom stereocenters. The van der Waals surface area contributed by atoms with Crippen LogP contribution in [0.25, 0.3) is 0 Å². The fourth-order valence-electron chi connectivity index (χ4n) is 2.10. The van der Waals surface area contributed by atoms with Gasteiger partial charge in [-0.3, -0.25) is 0 Å². The van der Waals surface area contributed by atoms with Crippen molar-refractivity contribution in [2.45, 2.75) is 53.6 Å². The molecule has 2 nitrogen and oxygen atoms in total. The van der Waals surface area contributed by atoms with Crippen LogP contribution < -0.4 is 0 Å². The van der Waals surface area contributed by atoms with E-state index in [1.54, 1.807) is 0 Å². The van der Waals surface area contributed by atoms with Crippen LogP contribution in [0.4, 0.5) is 0 Å². The minimum Gasteiger partial charge on any atom is -0.378 e. The second-order valence-electron chi connectivity index (χ2n) is 6.33. The van der Waals surface area contributed by atoms with Gasteiger partial charge in [-0.15, -0.1) is 0 Å². The van der Waals surface area contributed by atoms with E-state index in [2.05, 4.69) is 34.6 Å². The summed E-state index contributed by atoms with van der Waals surface area (Å²) in [4.78, 5) is 0. The quantitative estimate of drug-likeness (QED) is 0.607. The fraction of sp³-hybridized carbons (Fsp3) is 1.00. The summed E-state index contributed by atoms with van der Waals surface area (Å²) in [6.45, 7) is 14.0. The monoisotopic (exact) mass is 214 g/mol. The van der Waals surface area contributed by atoms with E-state index < -0.39 is 0 Å². The van der Waals surface area contributed by atoms with Crippen molar-refractivity contribution < 1.29 is 9.47 Å². The molecular weight excluding hydrogens is 188 g/mol. The summed E-state index contributed by atoms with van der Waals surface area (Å²) in [6, 6.07) is 0. The lowest BCUT2D eigenvalue weighted by molar-refractivity contribution is 0.0290. The van der Waals surface area contributed by atoms with Gasteiger partial charge in [-0.05, 0) is 17.3 Å². The number of ether oxygens (including phenoxy) is 2. The molecule has 0 amide bonds. The van der Waals surface area contributed by atoms with Crippen molar-refractivity contribution in [3.8, 4) is 0 Å². The molecule has 90 valence electrons. The Bertz CT molecular complexity index is 193. The van der Waals surface area contributed by atoms with Gasteiger partial charge in [0, 0.05) is 0 Å². The minimum absolute atomic E-state index is 0.272. The predicted octanol–water partition coefficient (Wildman–Crippen LogP) is 3.25. The van der Waals surface area contributed by atoms with Crippen LogP contribution >= 0.6 is 0 Å². The highest BCUT2D eigenvalue weighted by Crippen LogP contribution is 2.36. The Kier molecular flexibility index (Phi) is 4.19. The molecular formula is C13H26O2. The average molecular weight is 214 g/mol. The highest BCUT2D eigenvalue weighted by molar-refractivity contribution is 4.78. The molecule has 0 aromatic heterocycles. The van der Waals surface area contributed by atoms with Gasteiger partial charge in [0.25, 0.3) is 0 Å². The lowest BCUT2D eigenvalue weighted by atomic mass is 9.74. The minimum atomic E-state index is 0.272. The molecule has 1 aliphatic heterocycles.